The Balaban J connectivity index is 2.08. The molecule has 5 heteroatoms. The number of carbonyl (C=O) groups is 2. The third-order valence-corrected chi connectivity index (χ3v) is 3.46. The highest BCUT2D eigenvalue weighted by molar-refractivity contribution is 5.94. The van der Waals surface area contributed by atoms with E-state index in [-0.39, 0.29) is 30.9 Å². The summed E-state index contributed by atoms with van der Waals surface area (Å²) in [5, 5.41) is 0. The number of nitrogens with zero attached hydrogens (tertiary/aromatic N) is 1. The highest BCUT2D eigenvalue weighted by Crippen LogP contribution is 2.21. The lowest BCUT2D eigenvalue weighted by Crippen LogP contribution is -2.42. The summed E-state index contributed by atoms with van der Waals surface area (Å²) in [6, 6.07) is 7.06. The Kier molecular flexibility index (Phi) is 4.27. The molecule has 1 aliphatic heterocycles. The summed E-state index contributed by atoms with van der Waals surface area (Å²) in [7, 11) is 1.59. The summed E-state index contributed by atoms with van der Waals surface area (Å²) in [4.78, 5) is 25.2. The number of imide groups is 1. The molecule has 0 radical (unpaired) electrons. The van der Waals surface area contributed by atoms with Crippen LogP contribution < -0.4 is 4.74 Å². The van der Waals surface area contributed by atoms with Gasteiger partial charge in [0.05, 0.1) is 19.6 Å². The summed E-state index contributed by atoms with van der Waals surface area (Å²) < 4.78 is 10.1. The first-order chi connectivity index (χ1) is 9.52. The molecule has 5 nitrogen and oxygen atoms in total. The van der Waals surface area contributed by atoms with Gasteiger partial charge >= 0.3 is 6.09 Å². The number of amides is 2. The Bertz CT molecular complexity index is 495. The van der Waals surface area contributed by atoms with E-state index in [1.807, 2.05) is 26.0 Å². The standard InChI is InChI=1S/C15H19NO4/c1-10(2)13-9-20-15(18)16(13)14(17)8-11-4-6-12(19-3)7-5-11/h4-7,10,13H,8-9H2,1-3H3/t13-/m1/s1. The van der Waals surface area contributed by atoms with Crippen molar-refractivity contribution >= 4 is 12.0 Å². The van der Waals surface area contributed by atoms with E-state index in [0.717, 1.165) is 11.3 Å². The lowest BCUT2D eigenvalue weighted by Gasteiger charge is -2.22. The van der Waals surface area contributed by atoms with E-state index in [0.29, 0.717) is 0 Å². The van der Waals surface area contributed by atoms with Crippen LogP contribution in [0.2, 0.25) is 0 Å². The van der Waals surface area contributed by atoms with Crippen molar-refractivity contribution in [2.45, 2.75) is 26.3 Å². The molecular formula is C15H19NO4. The molecule has 0 saturated carbocycles. The minimum atomic E-state index is -0.540. The molecule has 0 N–H and O–H groups in total. The lowest BCUT2D eigenvalue weighted by molar-refractivity contribution is -0.129. The maximum absolute atomic E-state index is 12.3. The number of methoxy groups -OCH3 is 1. The Hall–Kier alpha value is -2.04. The maximum atomic E-state index is 12.3. The molecule has 0 aromatic heterocycles. The molecule has 0 aliphatic carbocycles. The molecule has 20 heavy (non-hydrogen) atoms. The highest BCUT2D eigenvalue weighted by atomic mass is 16.6. The van der Waals surface area contributed by atoms with E-state index >= 15 is 0 Å². The summed E-state index contributed by atoms with van der Waals surface area (Å²) in [6.07, 6.45) is -0.357. The molecule has 1 aromatic rings. The van der Waals surface area contributed by atoms with Gasteiger partial charge in [0.25, 0.3) is 0 Å². The van der Waals surface area contributed by atoms with Gasteiger partial charge in [-0.2, -0.15) is 0 Å². The van der Waals surface area contributed by atoms with Gasteiger partial charge in [0, 0.05) is 0 Å². The van der Waals surface area contributed by atoms with Crippen LogP contribution in [-0.4, -0.2) is 36.7 Å². The second kappa shape index (κ2) is 5.94. The Morgan fingerprint density at radius 2 is 2.05 bits per heavy atom. The fraction of sp³-hybridized carbons (Fsp3) is 0.467. The highest BCUT2D eigenvalue weighted by Gasteiger charge is 2.39. The number of cyclic esters (lactones) is 1. The molecule has 1 fully saturated rings. The molecule has 0 spiro atoms. The molecule has 108 valence electrons. The molecule has 2 amide bonds. The normalized spacial score (nSPS) is 18.3. The van der Waals surface area contributed by atoms with E-state index in [1.54, 1.807) is 19.2 Å². The molecule has 0 unspecified atom stereocenters. The zero-order valence-electron chi connectivity index (χ0n) is 12.0. The number of carbonyl (C=O) groups excluding carboxylic acids is 2. The van der Waals surface area contributed by atoms with Crippen LogP contribution in [0.1, 0.15) is 19.4 Å². The van der Waals surface area contributed by atoms with Gasteiger partial charge < -0.3 is 9.47 Å². The lowest BCUT2D eigenvalue weighted by atomic mass is 10.0. The van der Waals surface area contributed by atoms with E-state index < -0.39 is 6.09 Å². The zero-order chi connectivity index (χ0) is 14.7. The second-order valence-electron chi connectivity index (χ2n) is 5.18. The number of rotatable bonds is 4. The largest absolute Gasteiger partial charge is 0.497 e. The van der Waals surface area contributed by atoms with Crippen LogP contribution in [0.25, 0.3) is 0 Å². The fourth-order valence-corrected chi connectivity index (χ4v) is 2.22. The van der Waals surface area contributed by atoms with Crippen molar-refractivity contribution in [2.24, 2.45) is 5.92 Å². The van der Waals surface area contributed by atoms with Crippen molar-refractivity contribution in [3.63, 3.8) is 0 Å². The van der Waals surface area contributed by atoms with Crippen LogP contribution in [0.3, 0.4) is 0 Å². The van der Waals surface area contributed by atoms with Crippen LogP contribution >= 0.6 is 0 Å². The smallest absolute Gasteiger partial charge is 0.416 e. The SMILES string of the molecule is COc1ccc(CC(=O)N2C(=O)OC[C@@H]2C(C)C)cc1. The monoisotopic (exact) mass is 277 g/mol. The number of ether oxygens (including phenoxy) is 2. The molecule has 2 rings (SSSR count). The number of hydrogen-bond acceptors (Lipinski definition) is 4. The van der Waals surface area contributed by atoms with E-state index in [4.69, 9.17) is 9.47 Å². The Morgan fingerprint density at radius 1 is 1.40 bits per heavy atom. The summed E-state index contributed by atoms with van der Waals surface area (Å²) in [6.45, 7) is 4.23. The van der Waals surface area contributed by atoms with Crippen molar-refractivity contribution in [3.05, 3.63) is 29.8 Å². The van der Waals surface area contributed by atoms with Crippen LogP contribution in [0.15, 0.2) is 24.3 Å². The van der Waals surface area contributed by atoms with Gasteiger partial charge in [-0.1, -0.05) is 26.0 Å². The quantitative estimate of drug-likeness (QED) is 0.847. The predicted molar refractivity (Wildman–Crippen MR) is 73.5 cm³/mol. The maximum Gasteiger partial charge on any atom is 0.416 e. The van der Waals surface area contributed by atoms with Crippen LogP contribution in [0.4, 0.5) is 4.79 Å². The Morgan fingerprint density at radius 3 is 2.60 bits per heavy atom. The average molecular weight is 277 g/mol. The predicted octanol–water partition coefficient (Wildman–Crippen LogP) is 2.24. The Labute approximate surface area is 118 Å². The summed E-state index contributed by atoms with van der Waals surface area (Å²) in [5.41, 5.74) is 0.845. The second-order valence-corrected chi connectivity index (χ2v) is 5.18. The van der Waals surface area contributed by atoms with Crippen molar-refractivity contribution in [2.75, 3.05) is 13.7 Å². The van der Waals surface area contributed by atoms with Crippen molar-refractivity contribution in [1.82, 2.24) is 4.90 Å². The van der Waals surface area contributed by atoms with Gasteiger partial charge in [-0.3, -0.25) is 4.79 Å². The van der Waals surface area contributed by atoms with Crippen LogP contribution in [0, 0.1) is 5.92 Å². The van der Waals surface area contributed by atoms with Gasteiger partial charge in [-0.25, -0.2) is 9.69 Å². The van der Waals surface area contributed by atoms with Gasteiger partial charge in [0.2, 0.25) is 5.91 Å². The van der Waals surface area contributed by atoms with Gasteiger partial charge in [0.15, 0.2) is 0 Å². The molecule has 0 bridgehead atoms. The first-order valence-corrected chi connectivity index (χ1v) is 6.64. The zero-order valence-corrected chi connectivity index (χ0v) is 12.0. The summed E-state index contributed by atoms with van der Waals surface area (Å²) >= 11 is 0. The van der Waals surface area contributed by atoms with Gasteiger partial charge in [0.1, 0.15) is 12.4 Å². The van der Waals surface area contributed by atoms with Crippen LogP contribution in [-0.2, 0) is 16.0 Å². The van der Waals surface area contributed by atoms with Crippen LogP contribution in [0.5, 0.6) is 5.75 Å². The van der Waals surface area contributed by atoms with Crippen molar-refractivity contribution in [3.8, 4) is 5.75 Å². The molecule has 1 atom stereocenters. The van der Waals surface area contributed by atoms with Gasteiger partial charge in [-0.05, 0) is 23.6 Å². The van der Waals surface area contributed by atoms with Crippen molar-refractivity contribution in [1.29, 1.82) is 0 Å². The van der Waals surface area contributed by atoms with Crippen molar-refractivity contribution < 1.29 is 19.1 Å². The van der Waals surface area contributed by atoms with Gasteiger partial charge in [-0.15, -0.1) is 0 Å². The minimum Gasteiger partial charge on any atom is -0.497 e. The third-order valence-electron chi connectivity index (χ3n) is 3.46. The molecule has 1 saturated heterocycles. The van der Waals surface area contributed by atoms with E-state index in [1.165, 1.54) is 4.90 Å². The molecule has 1 heterocycles. The van der Waals surface area contributed by atoms with E-state index in [9.17, 15) is 9.59 Å². The average Bonchev–Trinajstić information content (AvgIpc) is 2.81. The number of hydrogen-bond donors (Lipinski definition) is 0. The first kappa shape index (κ1) is 14.4. The molecule has 1 aliphatic rings. The molecular weight excluding hydrogens is 258 g/mol. The fourth-order valence-electron chi connectivity index (χ4n) is 2.22. The number of benzene rings is 1. The molecule has 1 aromatic carbocycles. The minimum absolute atomic E-state index is 0.173. The van der Waals surface area contributed by atoms with E-state index in [2.05, 4.69) is 0 Å². The third kappa shape index (κ3) is 2.92. The topological polar surface area (TPSA) is 55.8 Å². The first-order valence-electron chi connectivity index (χ1n) is 6.64. The summed E-state index contributed by atoms with van der Waals surface area (Å²) in [5.74, 6) is 0.694.